The van der Waals surface area contributed by atoms with Crippen LogP contribution in [-0.4, -0.2) is 109 Å². The lowest BCUT2D eigenvalue weighted by Crippen LogP contribution is -2.51. The van der Waals surface area contributed by atoms with E-state index in [4.69, 9.17) is 4.74 Å². The van der Waals surface area contributed by atoms with Crippen molar-refractivity contribution in [1.82, 2.24) is 34.3 Å². The molecule has 3 N–H and O–H groups in total. The van der Waals surface area contributed by atoms with E-state index in [0.29, 0.717) is 66.1 Å². The monoisotopic (exact) mass is 759 g/mol. The predicted molar refractivity (Wildman–Crippen MR) is 211 cm³/mol. The minimum atomic E-state index is -1.24. The minimum Gasteiger partial charge on any atom is -0.388 e. The number of carbonyl (C=O) groups is 3. The van der Waals surface area contributed by atoms with Crippen LogP contribution in [0.4, 0.5) is 11.4 Å². The van der Waals surface area contributed by atoms with Gasteiger partial charge in [-0.15, -0.1) is 5.10 Å². The van der Waals surface area contributed by atoms with Crippen molar-refractivity contribution in [3.8, 4) is 11.3 Å². The fourth-order valence-electron chi connectivity index (χ4n) is 7.13. The Balaban J connectivity index is 1.00. The summed E-state index contributed by atoms with van der Waals surface area (Å²) in [6, 6.07) is 21.1. The van der Waals surface area contributed by atoms with Gasteiger partial charge in [0.1, 0.15) is 11.7 Å². The highest BCUT2D eigenvalue weighted by atomic mass is 16.5. The lowest BCUT2D eigenvalue weighted by molar-refractivity contribution is -0.139. The number of morpholine rings is 1. The summed E-state index contributed by atoms with van der Waals surface area (Å²) in [4.78, 5) is 60.6. The summed E-state index contributed by atoms with van der Waals surface area (Å²) in [5, 5.41) is 26.4. The minimum absolute atomic E-state index is 0.0169. The summed E-state index contributed by atoms with van der Waals surface area (Å²) in [5.74, 6) is -0.610. The van der Waals surface area contributed by atoms with Gasteiger partial charge in [0.2, 0.25) is 17.7 Å². The molecule has 56 heavy (non-hydrogen) atoms. The van der Waals surface area contributed by atoms with E-state index in [2.05, 4.69) is 37.4 Å². The number of anilines is 2. The smallest absolute Gasteiger partial charge is 0.261 e. The van der Waals surface area contributed by atoms with Crippen LogP contribution in [0.5, 0.6) is 0 Å². The van der Waals surface area contributed by atoms with Crippen molar-refractivity contribution in [2.45, 2.75) is 43.9 Å². The molecular weight excluding hydrogens is 715 g/mol. The molecule has 0 aliphatic carbocycles. The standard InChI is InChI=1S/C41H45N9O6/c1-2-37(51)43-31-10-6-9-30(24-31)35-26-50(46-45-35)36(23-29-7-4-3-5-8-29)40(54)48-17-14-41(55,15-18-48)27-49-28-42-34-25-32(11-12-33(34)39(49)53)44-38(52)13-16-47-19-21-56-22-20-47/h2-12,24-26,28,36,55H,1,13-23,27H2,(H,43,51)(H,44,52)/t36-/m0/s1. The van der Waals surface area contributed by atoms with E-state index in [1.807, 2.05) is 36.4 Å². The molecule has 15 heteroatoms. The number of nitrogens with one attached hydrogen (secondary N) is 2. The molecule has 0 unspecified atom stereocenters. The summed E-state index contributed by atoms with van der Waals surface area (Å²) in [5.41, 5.74) is 2.23. The number of nitrogens with zero attached hydrogens (tertiary/aromatic N) is 7. The zero-order valence-electron chi connectivity index (χ0n) is 31.0. The number of amides is 3. The first-order valence-corrected chi connectivity index (χ1v) is 18.8. The van der Waals surface area contributed by atoms with Crippen LogP contribution in [0.3, 0.4) is 0 Å². The number of rotatable bonds is 13. The first-order valence-electron chi connectivity index (χ1n) is 18.8. The molecule has 2 aliphatic heterocycles. The van der Waals surface area contributed by atoms with Gasteiger partial charge < -0.3 is 25.4 Å². The van der Waals surface area contributed by atoms with Crippen LogP contribution >= 0.6 is 0 Å². The molecule has 7 rings (SSSR count). The molecule has 1 atom stereocenters. The maximum atomic E-state index is 14.2. The van der Waals surface area contributed by atoms with Gasteiger partial charge in [-0.1, -0.05) is 54.3 Å². The van der Waals surface area contributed by atoms with Gasteiger partial charge in [-0.25, -0.2) is 9.67 Å². The Kier molecular flexibility index (Phi) is 11.7. The molecule has 2 fully saturated rings. The quantitative estimate of drug-likeness (QED) is 0.151. The van der Waals surface area contributed by atoms with Gasteiger partial charge in [-0.3, -0.25) is 28.6 Å². The molecule has 3 aromatic carbocycles. The fraction of sp³-hybridized carbons (Fsp3) is 0.341. The van der Waals surface area contributed by atoms with Crippen molar-refractivity contribution in [1.29, 1.82) is 0 Å². The number of piperidine rings is 1. The second kappa shape index (κ2) is 17.2. The summed E-state index contributed by atoms with van der Waals surface area (Å²) in [7, 11) is 0. The number of likely N-dealkylation sites (tertiary alicyclic amines) is 1. The SMILES string of the molecule is C=CC(=O)Nc1cccc(-c2cn([C@@H](Cc3ccccc3)C(=O)N3CCC(O)(Cn4cnc5cc(NC(=O)CCN6CCOCC6)ccc5c4=O)CC3)nn2)c1. The van der Waals surface area contributed by atoms with Crippen LogP contribution in [0.1, 0.15) is 30.9 Å². The highest BCUT2D eigenvalue weighted by Crippen LogP contribution is 2.28. The third kappa shape index (κ3) is 9.25. The maximum Gasteiger partial charge on any atom is 0.261 e. The van der Waals surface area contributed by atoms with E-state index in [0.717, 1.165) is 18.7 Å². The highest BCUT2D eigenvalue weighted by molar-refractivity contribution is 5.99. The lowest BCUT2D eigenvalue weighted by Gasteiger charge is -2.39. The molecule has 0 saturated carbocycles. The van der Waals surface area contributed by atoms with Crippen molar-refractivity contribution in [2.75, 3.05) is 56.6 Å². The molecular formula is C41H45N9O6. The summed E-state index contributed by atoms with van der Waals surface area (Å²) >= 11 is 0. The van der Waals surface area contributed by atoms with Gasteiger partial charge in [-0.2, -0.15) is 0 Å². The van der Waals surface area contributed by atoms with Crippen LogP contribution in [-0.2, 0) is 32.1 Å². The summed E-state index contributed by atoms with van der Waals surface area (Å²) in [6.07, 6.45) is 5.56. The van der Waals surface area contributed by atoms with E-state index in [9.17, 15) is 24.3 Å². The molecule has 5 aromatic rings. The molecule has 0 bridgehead atoms. The highest BCUT2D eigenvalue weighted by Gasteiger charge is 2.37. The molecule has 2 aromatic heterocycles. The molecule has 3 amide bonds. The number of aromatic nitrogens is 5. The third-order valence-electron chi connectivity index (χ3n) is 10.3. The summed E-state index contributed by atoms with van der Waals surface area (Å²) < 4.78 is 8.35. The molecule has 0 radical (unpaired) electrons. The Hall–Kier alpha value is -6.03. The average molecular weight is 760 g/mol. The topological polar surface area (TPSA) is 177 Å². The zero-order chi connectivity index (χ0) is 39.1. The first-order chi connectivity index (χ1) is 27.2. The number of benzene rings is 3. The van der Waals surface area contributed by atoms with E-state index in [1.54, 1.807) is 52.2 Å². The number of hydrogen-bond donors (Lipinski definition) is 3. The van der Waals surface area contributed by atoms with E-state index >= 15 is 0 Å². The zero-order valence-corrected chi connectivity index (χ0v) is 31.0. The van der Waals surface area contributed by atoms with Crippen LogP contribution in [0.25, 0.3) is 22.2 Å². The normalized spacial score (nSPS) is 16.3. The lowest BCUT2D eigenvalue weighted by atomic mass is 9.90. The van der Waals surface area contributed by atoms with Crippen molar-refractivity contribution in [3.63, 3.8) is 0 Å². The molecule has 290 valence electrons. The Labute approximate surface area is 323 Å². The van der Waals surface area contributed by atoms with E-state index in [1.165, 1.54) is 17.0 Å². The van der Waals surface area contributed by atoms with Crippen LogP contribution in [0.2, 0.25) is 0 Å². The van der Waals surface area contributed by atoms with Crippen LogP contribution in [0.15, 0.2) is 103 Å². The van der Waals surface area contributed by atoms with Gasteiger partial charge in [0.05, 0.1) is 48.8 Å². The number of hydrogen-bond acceptors (Lipinski definition) is 10. The van der Waals surface area contributed by atoms with E-state index in [-0.39, 0.29) is 55.8 Å². The van der Waals surface area contributed by atoms with Crippen molar-refractivity contribution >= 4 is 40.0 Å². The van der Waals surface area contributed by atoms with Crippen molar-refractivity contribution < 1.29 is 24.2 Å². The Morgan fingerprint density at radius 3 is 2.48 bits per heavy atom. The molecule has 0 spiro atoms. The van der Waals surface area contributed by atoms with Crippen LogP contribution in [0, 0.1) is 0 Å². The number of ether oxygens (including phenoxy) is 1. The maximum absolute atomic E-state index is 14.2. The van der Waals surface area contributed by atoms with Crippen LogP contribution < -0.4 is 16.2 Å². The van der Waals surface area contributed by atoms with E-state index < -0.39 is 11.6 Å². The fourth-order valence-corrected chi connectivity index (χ4v) is 7.13. The van der Waals surface area contributed by atoms with Crippen molar-refractivity contribution in [2.24, 2.45) is 0 Å². The van der Waals surface area contributed by atoms with Gasteiger partial charge in [0.25, 0.3) is 5.56 Å². The third-order valence-corrected chi connectivity index (χ3v) is 10.3. The van der Waals surface area contributed by atoms with Crippen molar-refractivity contribution in [3.05, 3.63) is 114 Å². The molecule has 15 nitrogen and oxygen atoms in total. The first kappa shape index (κ1) is 38.3. The molecule has 4 heterocycles. The Bertz CT molecular complexity index is 2260. The number of fused-ring (bicyclic) bond motifs is 1. The average Bonchev–Trinajstić information content (AvgIpc) is 3.71. The second-order valence-electron chi connectivity index (χ2n) is 14.3. The predicted octanol–water partition coefficient (Wildman–Crippen LogP) is 3.28. The Morgan fingerprint density at radius 2 is 1.71 bits per heavy atom. The second-order valence-corrected chi connectivity index (χ2v) is 14.3. The van der Waals surface area contributed by atoms with Gasteiger partial charge >= 0.3 is 0 Å². The molecule has 2 saturated heterocycles. The molecule has 2 aliphatic rings. The Morgan fingerprint density at radius 1 is 0.946 bits per heavy atom. The number of carbonyl (C=O) groups excluding carboxylic acids is 3. The van der Waals surface area contributed by atoms with Gasteiger partial charge in [0, 0.05) is 62.5 Å². The largest absolute Gasteiger partial charge is 0.388 e. The number of aliphatic hydroxyl groups is 1. The van der Waals surface area contributed by atoms with Gasteiger partial charge in [0.15, 0.2) is 0 Å². The van der Waals surface area contributed by atoms with Gasteiger partial charge in [-0.05, 0) is 54.8 Å². The summed E-state index contributed by atoms with van der Waals surface area (Å²) in [6.45, 7) is 7.67.